The topological polar surface area (TPSA) is 79.2 Å². The van der Waals surface area contributed by atoms with Crippen LogP contribution in [0.4, 0.5) is 0 Å². The van der Waals surface area contributed by atoms with Gasteiger partial charge in [-0.25, -0.2) is 0 Å². The summed E-state index contributed by atoms with van der Waals surface area (Å²) >= 11 is 0. The standard InChI is InChI=1S/C5H12O5/c1-9-4(7)3(6)5(8)10-2/h3-8H,1-2H3. The van der Waals surface area contributed by atoms with Gasteiger partial charge < -0.3 is 24.8 Å². The van der Waals surface area contributed by atoms with Gasteiger partial charge in [0, 0.05) is 14.2 Å². The van der Waals surface area contributed by atoms with Crippen molar-refractivity contribution in [1.82, 2.24) is 0 Å². The number of aliphatic hydroxyl groups is 3. The van der Waals surface area contributed by atoms with Crippen molar-refractivity contribution >= 4 is 0 Å². The highest BCUT2D eigenvalue weighted by Crippen LogP contribution is 2.00. The Bertz CT molecular complexity index is 76.1. The first-order valence-electron chi connectivity index (χ1n) is 2.73. The van der Waals surface area contributed by atoms with E-state index in [1.165, 1.54) is 14.2 Å². The van der Waals surface area contributed by atoms with Gasteiger partial charge in [-0.15, -0.1) is 0 Å². The van der Waals surface area contributed by atoms with Crippen molar-refractivity contribution in [1.29, 1.82) is 0 Å². The molecular weight excluding hydrogens is 140 g/mol. The van der Waals surface area contributed by atoms with E-state index in [0.29, 0.717) is 0 Å². The summed E-state index contributed by atoms with van der Waals surface area (Å²) < 4.78 is 8.60. The van der Waals surface area contributed by atoms with E-state index in [1.54, 1.807) is 0 Å². The molecule has 0 bridgehead atoms. The highest BCUT2D eigenvalue weighted by Gasteiger charge is 2.23. The van der Waals surface area contributed by atoms with Crippen LogP contribution in [0, 0.1) is 0 Å². The van der Waals surface area contributed by atoms with Gasteiger partial charge in [0.15, 0.2) is 18.7 Å². The second-order valence-corrected chi connectivity index (χ2v) is 1.74. The van der Waals surface area contributed by atoms with Gasteiger partial charge in [0.2, 0.25) is 0 Å². The first kappa shape index (κ1) is 9.80. The smallest absolute Gasteiger partial charge is 0.185 e. The minimum absolute atomic E-state index is 1.20. The molecule has 0 heterocycles. The Morgan fingerprint density at radius 3 is 1.40 bits per heavy atom. The molecule has 0 aliphatic carbocycles. The lowest BCUT2D eigenvalue weighted by Gasteiger charge is -2.19. The summed E-state index contributed by atoms with van der Waals surface area (Å²) in [6.45, 7) is 0. The van der Waals surface area contributed by atoms with E-state index in [-0.39, 0.29) is 0 Å². The third-order valence-corrected chi connectivity index (χ3v) is 1.07. The highest BCUT2D eigenvalue weighted by atomic mass is 16.6. The van der Waals surface area contributed by atoms with E-state index in [4.69, 9.17) is 15.3 Å². The lowest BCUT2D eigenvalue weighted by molar-refractivity contribution is -0.230. The Kier molecular flexibility index (Phi) is 4.50. The van der Waals surface area contributed by atoms with Crippen LogP contribution in [0.5, 0.6) is 0 Å². The molecule has 0 spiro atoms. The zero-order valence-corrected chi connectivity index (χ0v) is 5.89. The molecule has 0 rings (SSSR count). The molecule has 0 aromatic heterocycles. The Morgan fingerprint density at radius 1 is 0.900 bits per heavy atom. The summed E-state index contributed by atoms with van der Waals surface area (Å²) in [6, 6.07) is 0. The summed E-state index contributed by atoms with van der Waals surface area (Å²) in [7, 11) is 2.41. The molecule has 0 radical (unpaired) electrons. The molecule has 5 heteroatoms. The number of ether oxygens (including phenoxy) is 2. The average Bonchev–Trinajstić information content (AvgIpc) is 2.00. The van der Waals surface area contributed by atoms with E-state index in [1.807, 2.05) is 0 Å². The van der Waals surface area contributed by atoms with Crippen molar-refractivity contribution in [3.8, 4) is 0 Å². The first-order chi connectivity index (χ1) is 4.63. The van der Waals surface area contributed by atoms with Gasteiger partial charge in [0.1, 0.15) is 0 Å². The van der Waals surface area contributed by atoms with Crippen molar-refractivity contribution in [3.63, 3.8) is 0 Å². The molecule has 2 atom stereocenters. The normalized spacial score (nSPS) is 20.1. The minimum Gasteiger partial charge on any atom is -0.382 e. The monoisotopic (exact) mass is 152 g/mol. The van der Waals surface area contributed by atoms with Crippen molar-refractivity contribution in [2.24, 2.45) is 0 Å². The fourth-order valence-electron chi connectivity index (χ4n) is 0.420. The van der Waals surface area contributed by atoms with E-state index >= 15 is 0 Å². The molecule has 10 heavy (non-hydrogen) atoms. The largest absolute Gasteiger partial charge is 0.382 e. The molecule has 0 fully saturated rings. The fraction of sp³-hybridized carbons (Fsp3) is 1.00. The van der Waals surface area contributed by atoms with Gasteiger partial charge in [0.05, 0.1) is 0 Å². The van der Waals surface area contributed by atoms with Gasteiger partial charge in [-0.2, -0.15) is 0 Å². The second kappa shape index (κ2) is 4.59. The molecule has 0 aromatic rings. The van der Waals surface area contributed by atoms with Crippen LogP contribution in [-0.2, 0) is 9.47 Å². The van der Waals surface area contributed by atoms with Gasteiger partial charge in [-0.1, -0.05) is 0 Å². The van der Waals surface area contributed by atoms with Crippen LogP contribution >= 0.6 is 0 Å². The average molecular weight is 152 g/mol. The number of rotatable bonds is 4. The number of methoxy groups -OCH3 is 2. The van der Waals surface area contributed by atoms with E-state index in [2.05, 4.69) is 9.47 Å². The molecule has 0 amide bonds. The van der Waals surface area contributed by atoms with Gasteiger partial charge in [-0.3, -0.25) is 0 Å². The molecule has 0 aromatic carbocycles. The third-order valence-electron chi connectivity index (χ3n) is 1.07. The summed E-state index contributed by atoms with van der Waals surface area (Å²) in [5.74, 6) is 0. The summed E-state index contributed by atoms with van der Waals surface area (Å²) in [6.07, 6.45) is -4.28. The lowest BCUT2D eigenvalue weighted by Crippen LogP contribution is -2.39. The molecule has 5 nitrogen and oxygen atoms in total. The van der Waals surface area contributed by atoms with Crippen LogP contribution in [-0.4, -0.2) is 48.2 Å². The maximum absolute atomic E-state index is 8.84. The summed E-state index contributed by atoms with van der Waals surface area (Å²) in [4.78, 5) is 0. The second-order valence-electron chi connectivity index (χ2n) is 1.74. The number of hydrogen-bond donors (Lipinski definition) is 3. The van der Waals surface area contributed by atoms with Crippen LogP contribution in [0.2, 0.25) is 0 Å². The highest BCUT2D eigenvalue weighted by molar-refractivity contribution is 4.59. The van der Waals surface area contributed by atoms with Crippen LogP contribution in [0.25, 0.3) is 0 Å². The van der Waals surface area contributed by atoms with Crippen LogP contribution < -0.4 is 0 Å². The minimum atomic E-state index is -1.44. The van der Waals surface area contributed by atoms with E-state index in [9.17, 15) is 0 Å². The van der Waals surface area contributed by atoms with E-state index in [0.717, 1.165) is 0 Å². The molecule has 2 unspecified atom stereocenters. The molecule has 0 aliphatic heterocycles. The lowest BCUT2D eigenvalue weighted by atomic mass is 10.3. The van der Waals surface area contributed by atoms with Gasteiger partial charge >= 0.3 is 0 Å². The molecule has 0 aliphatic rings. The molecule has 3 N–H and O–H groups in total. The zero-order chi connectivity index (χ0) is 8.15. The zero-order valence-electron chi connectivity index (χ0n) is 5.89. The first-order valence-corrected chi connectivity index (χ1v) is 2.73. The molecule has 62 valence electrons. The van der Waals surface area contributed by atoms with Crippen molar-refractivity contribution in [2.75, 3.05) is 14.2 Å². The van der Waals surface area contributed by atoms with Gasteiger partial charge in [-0.05, 0) is 0 Å². The van der Waals surface area contributed by atoms with Crippen molar-refractivity contribution < 1.29 is 24.8 Å². The Hall–Kier alpha value is -0.200. The molecule has 0 saturated heterocycles. The van der Waals surface area contributed by atoms with Crippen molar-refractivity contribution in [2.45, 2.75) is 18.7 Å². The van der Waals surface area contributed by atoms with Crippen LogP contribution in [0.1, 0.15) is 0 Å². The predicted molar refractivity (Wildman–Crippen MR) is 32.0 cm³/mol. The number of hydrogen-bond acceptors (Lipinski definition) is 5. The van der Waals surface area contributed by atoms with Gasteiger partial charge in [0.25, 0.3) is 0 Å². The summed E-state index contributed by atoms with van der Waals surface area (Å²) in [5, 5.41) is 26.3. The number of aliphatic hydroxyl groups excluding tert-OH is 3. The predicted octanol–water partition coefficient (Wildman–Crippen LogP) is -1.72. The Morgan fingerprint density at radius 2 is 1.20 bits per heavy atom. The Labute approximate surface area is 58.8 Å². The molecule has 0 saturated carbocycles. The SMILES string of the molecule is COC(O)C(O)C(O)OC. The summed E-state index contributed by atoms with van der Waals surface area (Å²) in [5.41, 5.74) is 0. The molecular formula is C5H12O5. The Balaban J connectivity index is 3.69. The van der Waals surface area contributed by atoms with Crippen molar-refractivity contribution in [3.05, 3.63) is 0 Å². The van der Waals surface area contributed by atoms with Crippen LogP contribution in [0.15, 0.2) is 0 Å². The third kappa shape index (κ3) is 2.59. The fourth-order valence-corrected chi connectivity index (χ4v) is 0.420. The van der Waals surface area contributed by atoms with E-state index < -0.39 is 18.7 Å². The van der Waals surface area contributed by atoms with Crippen LogP contribution in [0.3, 0.4) is 0 Å². The maximum Gasteiger partial charge on any atom is 0.185 e. The quantitative estimate of drug-likeness (QED) is 0.417. The maximum atomic E-state index is 8.84.